The van der Waals surface area contributed by atoms with Crippen LogP contribution in [0, 0.1) is 0 Å². The molecule has 1 nitrogen and oxygen atoms in total. The first-order chi connectivity index (χ1) is 22.2. The maximum absolute atomic E-state index is 4.49. The molecule has 0 aromatic heterocycles. The predicted octanol–water partition coefficient (Wildman–Crippen LogP) is 7.42. The third kappa shape index (κ3) is 12.4. The Morgan fingerprint density at radius 2 is 0.533 bits per heavy atom. The van der Waals surface area contributed by atoms with Crippen molar-refractivity contribution >= 4 is 74.9 Å². The summed E-state index contributed by atoms with van der Waals surface area (Å²) in [6, 6.07) is 65.0. The Morgan fingerprint density at radius 3 is 0.644 bits per heavy atom. The van der Waals surface area contributed by atoms with Gasteiger partial charge in [-0.05, 0) is 86.9 Å². The van der Waals surface area contributed by atoms with E-state index in [0.717, 1.165) is 0 Å². The topological polar surface area (TPSA) is 3.24 Å². The van der Waals surface area contributed by atoms with E-state index in [1.54, 1.807) is 4.90 Å². The molecular formula is C39H38ClNP2PdS+2. The van der Waals surface area contributed by atoms with Crippen LogP contribution in [-0.4, -0.2) is 24.5 Å². The van der Waals surface area contributed by atoms with E-state index in [1.165, 1.54) is 31.8 Å². The fraction of sp³-hybridized carbons (Fsp3) is 0.0513. The Hall–Kier alpha value is -2.98. The first-order valence-electron chi connectivity index (χ1n) is 14.4. The standard InChI is InChI=1S/2C18H15P.C3H6NS.ClH.Pd/c2*1-4-10-16(11-5-1)19(17-12-6-2-7-13-17)18-14-8-3-9-15-18;1-4(2)3-5;;/h2*1-15H;1-2H3;1H;/q;;-1;;+2/p+1. The van der Waals surface area contributed by atoms with Crippen LogP contribution in [0.4, 0.5) is 0 Å². The van der Waals surface area contributed by atoms with Crippen LogP contribution in [0.2, 0.25) is 0 Å². The van der Waals surface area contributed by atoms with Crippen molar-refractivity contribution in [2.24, 2.45) is 0 Å². The van der Waals surface area contributed by atoms with Gasteiger partial charge in [0.25, 0.3) is 0 Å². The van der Waals surface area contributed by atoms with E-state index >= 15 is 0 Å². The number of rotatable bonds is 7. The summed E-state index contributed by atoms with van der Waals surface area (Å²) >= 11 is 6.57. The largest absolute Gasteiger partial charge is 0.102 e. The molecule has 6 aromatic carbocycles. The Balaban J connectivity index is 0.000000204. The molecule has 0 unspecified atom stereocenters. The SMILES string of the molecule is CN(C)[C-]=S.[Cl][Pd+].c1ccc([PH+](c2ccccc2)c2ccccc2)cc1.c1ccc([PH+](c2ccccc2)c2ccccc2)cc1. The van der Waals surface area contributed by atoms with Gasteiger partial charge in [0.2, 0.25) is 0 Å². The summed E-state index contributed by atoms with van der Waals surface area (Å²) in [5.74, 6) is 0. The molecule has 0 N–H and O–H groups in total. The normalized spacial score (nSPS) is 9.84. The third-order valence-corrected chi connectivity index (χ3v) is 12.4. The fourth-order valence-corrected chi connectivity index (χ4v) is 9.78. The summed E-state index contributed by atoms with van der Waals surface area (Å²) in [6.45, 7) is 0. The van der Waals surface area contributed by atoms with Crippen molar-refractivity contribution in [3.05, 3.63) is 182 Å². The minimum Gasteiger partial charge on any atom is -0.0620 e. The Kier molecular flexibility index (Phi) is 17.6. The first-order valence-corrected chi connectivity index (χ1v) is 19.8. The van der Waals surface area contributed by atoms with Crippen molar-refractivity contribution in [3.63, 3.8) is 0 Å². The maximum atomic E-state index is 4.49. The second-order valence-electron chi connectivity index (χ2n) is 9.93. The minimum atomic E-state index is -0.877. The molecular weight excluding hydrogens is 718 g/mol. The van der Waals surface area contributed by atoms with Crippen LogP contribution in [0.5, 0.6) is 0 Å². The number of nitrogens with zero attached hydrogens (tertiary/aromatic N) is 1. The van der Waals surface area contributed by atoms with E-state index in [4.69, 9.17) is 0 Å². The van der Waals surface area contributed by atoms with E-state index in [0.29, 0.717) is 0 Å². The number of hydrogen-bond acceptors (Lipinski definition) is 1. The van der Waals surface area contributed by atoms with E-state index in [9.17, 15) is 0 Å². The van der Waals surface area contributed by atoms with Crippen molar-refractivity contribution in [3.8, 4) is 0 Å². The fourth-order valence-electron chi connectivity index (χ4n) is 4.63. The number of benzene rings is 6. The molecule has 0 atom stereocenters. The molecule has 0 aliphatic heterocycles. The molecule has 0 bridgehead atoms. The van der Waals surface area contributed by atoms with Crippen LogP contribution >= 0.6 is 37.6 Å². The van der Waals surface area contributed by atoms with Gasteiger partial charge in [0.1, 0.15) is 31.8 Å². The smallest absolute Gasteiger partial charge is 0.0620 e. The molecule has 0 fully saturated rings. The molecule has 0 spiro atoms. The van der Waals surface area contributed by atoms with Crippen LogP contribution in [0.3, 0.4) is 0 Å². The molecule has 0 saturated heterocycles. The molecule has 6 rings (SSSR count). The molecule has 0 heterocycles. The summed E-state index contributed by atoms with van der Waals surface area (Å²) in [5.41, 5.74) is 2.44. The van der Waals surface area contributed by atoms with E-state index in [1.807, 2.05) is 14.1 Å². The summed E-state index contributed by atoms with van der Waals surface area (Å²) in [6.07, 6.45) is 0. The van der Waals surface area contributed by atoms with Crippen molar-refractivity contribution in [1.82, 2.24) is 4.90 Å². The summed E-state index contributed by atoms with van der Waals surface area (Å²) in [7, 11) is 6.41. The van der Waals surface area contributed by atoms with E-state index in [2.05, 4.69) is 227 Å². The first kappa shape index (κ1) is 36.5. The molecule has 45 heavy (non-hydrogen) atoms. The van der Waals surface area contributed by atoms with Crippen molar-refractivity contribution in [2.75, 3.05) is 14.1 Å². The van der Waals surface area contributed by atoms with Gasteiger partial charge in [-0.25, -0.2) is 0 Å². The Labute approximate surface area is 292 Å². The van der Waals surface area contributed by atoms with Gasteiger partial charge in [-0.15, -0.1) is 0 Å². The zero-order valence-electron chi connectivity index (χ0n) is 25.4. The van der Waals surface area contributed by atoms with Gasteiger partial charge in [-0.3, -0.25) is 0 Å². The molecule has 6 aromatic rings. The maximum Gasteiger partial charge on any atom is 0.102 e. The number of halogens is 1. The van der Waals surface area contributed by atoms with Crippen LogP contribution in [0.1, 0.15) is 0 Å². The predicted molar refractivity (Wildman–Crippen MR) is 205 cm³/mol. The minimum absolute atomic E-state index is 0.877. The van der Waals surface area contributed by atoms with Crippen LogP contribution in [0.15, 0.2) is 182 Å². The van der Waals surface area contributed by atoms with Crippen molar-refractivity contribution in [1.29, 1.82) is 0 Å². The second-order valence-corrected chi connectivity index (χ2v) is 15.1. The van der Waals surface area contributed by atoms with E-state index in [-0.39, 0.29) is 0 Å². The molecule has 6 heteroatoms. The number of thiocarbonyl (C=S) groups is 1. The molecule has 0 saturated carbocycles. The number of hydrogen-bond donors (Lipinski definition) is 0. The molecule has 0 aliphatic carbocycles. The average Bonchev–Trinajstić information content (AvgIpc) is 3.13. The molecule has 0 aliphatic rings. The van der Waals surface area contributed by atoms with Crippen molar-refractivity contribution < 1.29 is 18.2 Å². The van der Waals surface area contributed by atoms with Crippen LogP contribution in [-0.2, 0) is 18.2 Å². The van der Waals surface area contributed by atoms with Gasteiger partial charge in [0.15, 0.2) is 0 Å². The van der Waals surface area contributed by atoms with Gasteiger partial charge >= 0.3 is 27.7 Å². The van der Waals surface area contributed by atoms with E-state index < -0.39 is 15.8 Å². The quantitative estimate of drug-likeness (QED) is 0.0549. The molecule has 0 amide bonds. The summed E-state index contributed by atoms with van der Waals surface area (Å²) in [5, 5.41) is 8.61. The van der Waals surface area contributed by atoms with Gasteiger partial charge in [-0.1, -0.05) is 109 Å². The van der Waals surface area contributed by atoms with Gasteiger partial charge in [0.05, 0.1) is 15.8 Å². The zero-order chi connectivity index (χ0) is 32.1. The Bertz CT molecular complexity index is 1290. The monoisotopic (exact) mass is 755 g/mol. The van der Waals surface area contributed by atoms with Crippen LogP contribution < -0.4 is 31.8 Å². The third-order valence-electron chi connectivity index (χ3n) is 6.56. The average molecular weight is 757 g/mol. The van der Waals surface area contributed by atoms with Gasteiger partial charge < -0.3 is 22.6 Å². The zero-order valence-corrected chi connectivity index (χ0v) is 30.5. The Morgan fingerprint density at radius 1 is 0.400 bits per heavy atom. The second kappa shape index (κ2) is 21.7. The summed E-state index contributed by atoms with van der Waals surface area (Å²) < 4.78 is 0. The molecule has 0 radical (unpaired) electrons. The van der Waals surface area contributed by atoms with Crippen LogP contribution in [0.25, 0.3) is 0 Å². The van der Waals surface area contributed by atoms with Gasteiger partial charge in [-0.2, -0.15) is 0 Å². The van der Waals surface area contributed by atoms with Gasteiger partial charge in [0, 0.05) is 0 Å². The van der Waals surface area contributed by atoms with Crippen molar-refractivity contribution in [2.45, 2.75) is 0 Å². The molecule has 230 valence electrons. The summed E-state index contributed by atoms with van der Waals surface area (Å²) in [4.78, 5) is 1.69.